The number of morpholine rings is 1. The molecule has 2 heterocycles. The van der Waals surface area contributed by atoms with Gasteiger partial charge in [0, 0.05) is 13.0 Å². The van der Waals surface area contributed by atoms with Gasteiger partial charge in [0.2, 0.25) is 0 Å². The van der Waals surface area contributed by atoms with E-state index in [-0.39, 0.29) is 24.2 Å². The van der Waals surface area contributed by atoms with Crippen LogP contribution in [0.3, 0.4) is 0 Å². The van der Waals surface area contributed by atoms with Gasteiger partial charge < -0.3 is 14.5 Å². The summed E-state index contributed by atoms with van der Waals surface area (Å²) in [4.78, 5) is 20.3. The van der Waals surface area contributed by atoms with Crippen LogP contribution in [-0.2, 0) is 14.4 Å². The predicted octanol–water partition coefficient (Wildman–Crippen LogP) is 3.49. The van der Waals surface area contributed by atoms with Crippen molar-refractivity contribution in [2.45, 2.75) is 31.7 Å². The number of carbonyl (C=O) groups excluding carboxylic acids is 1. The largest absolute Gasteiger partial charge is 0.387 e. The van der Waals surface area contributed by atoms with Gasteiger partial charge in [0.25, 0.3) is 5.91 Å². The third kappa shape index (κ3) is 3.48. The number of nitrogens with zero attached hydrogens (tertiary/aromatic N) is 2. The van der Waals surface area contributed by atoms with Gasteiger partial charge in [-0.1, -0.05) is 65.8 Å². The average molecular weight is 350 g/mol. The second-order valence-electron chi connectivity index (χ2n) is 6.80. The van der Waals surface area contributed by atoms with Crippen LogP contribution in [0.2, 0.25) is 0 Å². The van der Waals surface area contributed by atoms with Gasteiger partial charge in [-0.2, -0.15) is 0 Å². The summed E-state index contributed by atoms with van der Waals surface area (Å²) in [6.07, 6.45) is 0.186. The van der Waals surface area contributed by atoms with E-state index in [4.69, 9.17) is 9.57 Å². The van der Waals surface area contributed by atoms with Gasteiger partial charge >= 0.3 is 0 Å². The highest BCUT2D eigenvalue weighted by Crippen LogP contribution is 2.29. The first kappa shape index (κ1) is 16.8. The highest BCUT2D eigenvalue weighted by molar-refractivity contribution is 6.39. The molecule has 5 heteroatoms. The topological polar surface area (TPSA) is 51.1 Å². The van der Waals surface area contributed by atoms with E-state index in [0.717, 1.165) is 11.1 Å². The summed E-state index contributed by atoms with van der Waals surface area (Å²) in [6.45, 7) is 3.09. The Morgan fingerprint density at radius 2 is 1.58 bits per heavy atom. The molecule has 2 aromatic carbocycles. The molecule has 0 radical (unpaired) electrons. The summed E-state index contributed by atoms with van der Waals surface area (Å²) in [6, 6.07) is 19.9. The maximum atomic E-state index is 13.0. The van der Waals surface area contributed by atoms with Crippen LogP contribution < -0.4 is 0 Å². The van der Waals surface area contributed by atoms with Gasteiger partial charge in [-0.25, -0.2) is 0 Å². The SMILES string of the molecule is C[C@@H]1CN(C(=O)C2=NO[C@H](c3ccccc3)C2)C[C@@H](c2ccccc2)O1. The van der Waals surface area contributed by atoms with E-state index in [9.17, 15) is 4.79 Å². The molecule has 1 fully saturated rings. The molecule has 0 aromatic heterocycles. The fraction of sp³-hybridized carbons (Fsp3) is 0.333. The van der Waals surface area contributed by atoms with Crippen molar-refractivity contribution in [2.75, 3.05) is 13.1 Å². The van der Waals surface area contributed by atoms with Gasteiger partial charge in [-0.3, -0.25) is 4.79 Å². The third-order valence-electron chi connectivity index (χ3n) is 4.81. The van der Waals surface area contributed by atoms with Crippen LogP contribution in [0.5, 0.6) is 0 Å². The maximum Gasteiger partial charge on any atom is 0.272 e. The number of amides is 1. The molecule has 2 aliphatic rings. The van der Waals surface area contributed by atoms with Crippen LogP contribution in [0, 0.1) is 0 Å². The molecule has 3 atom stereocenters. The molecule has 134 valence electrons. The number of oxime groups is 1. The number of hydrogen-bond acceptors (Lipinski definition) is 4. The Kier molecular flexibility index (Phi) is 4.71. The number of rotatable bonds is 3. The molecule has 0 aliphatic carbocycles. The molecule has 1 amide bonds. The number of carbonyl (C=O) groups is 1. The first-order valence-electron chi connectivity index (χ1n) is 8.98. The predicted molar refractivity (Wildman–Crippen MR) is 98.6 cm³/mol. The van der Waals surface area contributed by atoms with Crippen molar-refractivity contribution >= 4 is 11.6 Å². The van der Waals surface area contributed by atoms with Gasteiger partial charge in [0.1, 0.15) is 11.8 Å². The van der Waals surface area contributed by atoms with Gasteiger partial charge in [0.05, 0.1) is 12.6 Å². The molecule has 26 heavy (non-hydrogen) atoms. The van der Waals surface area contributed by atoms with Crippen LogP contribution >= 0.6 is 0 Å². The molecule has 4 rings (SSSR count). The van der Waals surface area contributed by atoms with Gasteiger partial charge in [-0.05, 0) is 18.1 Å². The Labute approximate surface area is 153 Å². The van der Waals surface area contributed by atoms with Crippen LogP contribution in [0.4, 0.5) is 0 Å². The zero-order valence-corrected chi connectivity index (χ0v) is 14.7. The molecule has 1 saturated heterocycles. The first-order valence-corrected chi connectivity index (χ1v) is 8.98. The Morgan fingerprint density at radius 1 is 0.962 bits per heavy atom. The first-order chi connectivity index (χ1) is 12.7. The molecule has 0 saturated carbocycles. The van der Waals surface area contributed by atoms with Crippen molar-refractivity contribution in [3.8, 4) is 0 Å². The molecule has 0 N–H and O–H groups in total. The average Bonchev–Trinajstić information content (AvgIpc) is 3.18. The minimum Gasteiger partial charge on any atom is -0.387 e. The second-order valence-corrected chi connectivity index (χ2v) is 6.80. The smallest absolute Gasteiger partial charge is 0.272 e. The van der Waals surface area contributed by atoms with E-state index < -0.39 is 0 Å². The molecule has 2 aromatic rings. The molecule has 0 bridgehead atoms. The van der Waals surface area contributed by atoms with Crippen molar-refractivity contribution in [3.63, 3.8) is 0 Å². The molecule has 0 unspecified atom stereocenters. The van der Waals surface area contributed by atoms with Crippen molar-refractivity contribution in [3.05, 3.63) is 71.8 Å². The summed E-state index contributed by atoms with van der Waals surface area (Å²) in [7, 11) is 0. The van der Waals surface area contributed by atoms with Crippen LogP contribution in [0.1, 0.15) is 36.7 Å². The quantitative estimate of drug-likeness (QED) is 0.851. The van der Waals surface area contributed by atoms with E-state index in [2.05, 4.69) is 5.16 Å². The minimum absolute atomic E-state index is 0.0225. The second kappa shape index (κ2) is 7.30. The summed E-state index contributed by atoms with van der Waals surface area (Å²) in [5.41, 5.74) is 2.61. The zero-order chi connectivity index (χ0) is 17.9. The fourth-order valence-electron chi connectivity index (χ4n) is 3.50. The Bertz CT molecular complexity index is 791. The Balaban J connectivity index is 1.44. The van der Waals surface area contributed by atoms with E-state index in [1.165, 1.54) is 0 Å². The van der Waals surface area contributed by atoms with E-state index in [1.54, 1.807) is 0 Å². The maximum absolute atomic E-state index is 13.0. The highest BCUT2D eigenvalue weighted by Gasteiger charge is 2.35. The molecular weight excluding hydrogens is 328 g/mol. The lowest BCUT2D eigenvalue weighted by molar-refractivity contribution is -0.138. The van der Waals surface area contributed by atoms with Crippen LogP contribution in [0.15, 0.2) is 65.8 Å². The lowest BCUT2D eigenvalue weighted by Crippen LogP contribution is -2.48. The van der Waals surface area contributed by atoms with Crippen molar-refractivity contribution in [1.29, 1.82) is 0 Å². The molecule has 2 aliphatic heterocycles. The molecular formula is C21H22N2O3. The van der Waals surface area contributed by atoms with Crippen LogP contribution in [0.25, 0.3) is 0 Å². The number of hydrogen-bond donors (Lipinski definition) is 0. The van der Waals surface area contributed by atoms with Crippen molar-refractivity contribution in [1.82, 2.24) is 4.90 Å². The number of ether oxygens (including phenoxy) is 1. The van der Waals surface area contributed by atoms with Crippen LogP contribution in [-0.4, -0.2) is 35.7 Å². The minimum atomic E-state index is -0.182. The van der Waals surface area contributed by atoms with Crippen molar-refractivity contribution < 1.29 is 14.4 Å². The highest BCUT2D eigenvalue weighted by atomic mass is 16.6. The number of benzene rings is 2. The summed E-state index contributed by atoms with van der Waals surface area (Å²) in [5, 5.41) is 4.08. The van der Waals surface area contributed by atoms with E-state index in [1.807, 2.05) is 72.5 Å². The lowest BCUT2D eigenvalue weighted by Gasteiger charge is -2.36. The monoisotopic (exact) mass is 350 g/mol. The van der Waals surface area contributed by atoms with Crippen molar-refractivity contribution in [2.24, 2.45) is 5.16 Å². The summed E-state index contributed by atoms with van der Waals surface area (Å²) in [5.74, 6) is -0.0560. The summed E-state index contributed by atoms with van der Waals surface area (Å²) < 4.78 is 6.04. The van der Waals surface area contributed by atoms with Gasteiger partial charge in [-0.15, -0.1) is 0 Å². The zero-order valence-electron chi connectivity index (χ0n) is 14.7. The molecule has 0 spiro atoms. The third-order valence-corrected chi connectivity index (χ3v) is 4.81. The standard InChI is InChI=1S/C21H22N2O3/c1-15-13-23(14-20(25-15)17-10-6-3-7-11-17)21(24)18-12-19(26-22-18)16-8-4-2-5-9-16/h2-11,15,19-20H,12-14H2,1H3/t15-,19+,20+/m1/s1. The molecule has 5 nitrogen and oxygen atoms in total. The Hall–Kier alpha value is -2.66. The fourth-order valence-corrected chi connectivity index (χ4v) is 3.50. The van der Waals surface area contributed by atoms with E-state index in [0.29, 0.717) is 25.2 Å². The Morgan fingerprint density at radius 3 is 2.23 bits per heavy atom. The lowest BCUT2D eigenvalue weighted by atomic mass is 10.0. The normalized spacial score (nSPS) is 25.5. The summed E-state index contributed by atoms with van der Waals surface area (Å²) >= 11 is 0. The van der Waals surface area contributed by atoms with Gasteiger partial charge in [0.15, 0.2) is 6.10 Å². The van der Waals surface area contributed by atoms with E-state index >= 15 is 0 Å².